The molecule has 1 saturated heterocycles. The number of nitrogens with zero attached hydrogens (tertiary/aromatic N) is 2. The number of anilines is 1. The standard InChI is InChI=1S/C20H18N4O4/c1-13-7-9-14(10-8-13)23-18(25)11-16(19(23)26)21-12-17-20(27)28-22-24(17)15-5-3-2-4-6-15/h2-10,16,21H,11-12H2,1H3/p+1. The van der Waals surface area contributed by atoms with Gasteiger partial charge in [0.1, 0.15) is 0 Å². The zero-order chi connectivity index (χ0) is 19.7. The molecule has 1 unspecified atom stereocenters. The third-order valence-electron chi connectivity index (χ3n) is 4.70. The van der Waals surface area contributed by atoms with Crippen molar-refractivity contribution in [2.75, 3.05) is 4.90 Å². The summed E-state index contributed by atoms with van der Waals surface area (Å²) in [6.07, 6.45) is 0.0355. The molecule has 1 aliphatic heterocycles. The second-order valence-corrected chi connectivity index (χ2v) is 6.64. The van der Waals surface area contributed by atoms with Gasteiger partial charge in [-0.1, -0.05) is 35.9 Å². The zero-order valence-electron chi connectivity index (χ0n) is 15.2. The molecule has 0 aliphatic carbocycles. The molecule has 8 nitrogen and oxygen atoms in total. The Labute approximate surface area is 160 Å². The summed E-state index contributed by atoms with van der Waals surface area (Å²) in [5, 5.41) is 5.57. The largest absolute Gasteiger partial charge is 0.431 e. The summed E-state index contributed by atoms with van der Waals surface area (Å²) in [7, 11) is 0. The van der Waals surface area contributed by atoms with Crippen molar-refractivity contribution in [2.24, 2.45) is 0 Å². The van der Waals surface area contributed by atoms with Crippen molar-refractivity contribution in [3.63, 3.8) is 0 Å². The number of nitrogens with one attached hydrogen (secondary N) is 2. The lowest BCUT2D eigenvalue weighted by molar-refractivity contribution is -0.677. The van der Waals surface area contributed by atoms with Gasteiger partial charge in [0, 0.05) is 12.1 Å². The van der Waals surface area contributed by atoms with Crippen molar-refractivity contribution in [2.45, 2.75) is 25.9 Å². The Hall–Kier alpha value is -3.52. The molecule has 8 heteroatoms. The summed E-state index contributed by atoms with van der Waals surface area (Å²) in [4.78, 5) is 38.3. The number of carbonyl (C=O) groups is 2. The lowest BCUT2D eigenvalue weighted by Crippen LogP contribution is -2.44. The van der Waals surface area contributed by atoms with E-state index in [0.717, 1.165) is 11.3 Å². The number of rotatable bonds is 5. The van der Waals surface area contributed by atoms with Gasteiger partial charge < -0.3 is 0 Å². The topological polar surface area (TPSA) is 99.3 Å². The molecule has 2 amide bonds. The van der Waals surface area contributed by atoms with Crippen LogP contribution in [0.1, 0.15) is 17.7 Å². The molecule has 0 spiro atoms. The summed E-state index contributed by atoms with van der Waals surface area (Å²) in [5.41, 5.74) is 2.08. The van der Waals surface area contributed by atoms with Crippen molar-refractivity contribution in [3.8, 4) is 5.69 Å². The van der Waals surface area contributed by atoms with Crippen molar-refractivity contribution >= 4 is 17.5 Å². The predicted octanol–water partition coefficient (Wildman–Crippen LogP) is 0.975. The molecule has 1 aliphatic rings. The van der Waals surface area contributed by atoms with E-state index in [1.165, 1.54) is 9.58 Å². The van der Waals surface area contributed by atoms with Gasteiger partial charge in [0.25, 0.3) is 5.91 Å². The minimum absolute atomic E-state index is 0.0355. The van der Waals surface area contributed by atoms with Crippen molar-refractivity contribution < 1.29 is 18.8 Å². The van der Waals surface area contributed by atoms with Crippen LogP contribution < -0.4 is 20.5 Å². The molecule has 0 radical (unpaired) electrons. The first kappa shape index (κ1) is 17.9. The van der Waals surface area contributed by atoms with Crippen LogP contribution in [-0.2, 0) is 16.1 Å². The molecule has 2 aromatic carbocycles. The molecule has 1 fully saturated rings. The van der Waals surface area contributed by atoms with Crippen LogP contribution in [0.3, 0.4) is 0 Å². The normalized spacial score (nSPS) is 16.8. The third-order valence-corrected chi connectivity index (χ3v) is 4.70. The average Bonchev–Trinajstić information content (AvgIpc) is 3.20. The van der Waals surface area contributed by atoms with E-state index in [1.54, 1.807) is 12.1 Å². The van der Waals surface area contributed by atoms with Gasteiger partial charge in [-0.25, -0.2) is 9.69 Å². The van der Waals surface area contributed by atoms with Crippen LogP contribution in [0.2, 0.25) is 0 Å². The number of aromatic amines is 1. The summed E-state index contributed by atoms with van der Waals surface area (Å²) in [5.74, 6) is -0.608. The number of para-hydroxylation sites is 1. The Morgan fingerprint density at radius 1 is 1.11 bits per heavy atom. The first-order valence-electron chi connectivity index (χ1n) is 8.89. The Kier molecular flexibility index (Phi) is 4.62. The summed E-state index contributed by atoms with van der Waals surface area (Å²) in [6.45, 7) is 2.01. The molecule has 3 aromatic rings. The lowest BCUT2D eigenvalue weighted by atomic mass is 10.2. The fourth-order valence-electron chi connectivity index (χ4n) is 3.21. The number of hydrogen-bond donors (Lipinski definition) is 2. The van der Waals surface area contributed by atoms with Crippen LogP contribution in [0, 0.1) is 6.92 Å². The van der Waals surface area contributed by atoms with E-state index in [-0.39, 0.29) is 24.8 Å². The van der Waals surface area contributed by atoms with Crippen molar-refractivity contribution in [3.05, 3.63) is 76.3 Å². The first-order valence-corrected chi connectivity index (χ1v) is 8.89. The van der Waals surface area contributed by atoms with E-state index in [9.17, 15) is 14.4 Å². The third kappa shape index (κ3) is 3.25. The minimum Gasteiger partial charge on any atom is -0.296 e. The van der Waals surface area contributed by atoms with Gasteiger partial charge in [-0.2, -0.15) is 0 Å². The SMILES string of the molecule is Cc1ccc(N2C(=O)CC(NCc3c(=O)o[nH][n+]3-c3ccccc3)C2=O)cc1. The van der Waals surface area contributed by atoms with Gasteiger partial charge in [0.15, 0.2) is 0 Å². The lowest BCUT2D eigenvalue weighted by Gasteiger charge is -2.15. The van der Waals surface area contributed by atoms with Gasteiger partial charge >= 0.3 is 11.3 Å². The maximum atomic E-state index is 12.7. The Morgan fingerprint density at radius 2 is 1.82 bits per heavy atom. The van der Waals surface area contributed by atoms with Gasteiger partial charge in [-0.15, -0.1) is 0 Å². The first-order chi connectivity index (χ1) is 13.5. The van der Waals surface area contributed by atoms with Crippen LogP contribution in [0.5, 0.6) is 0 Å². The van der Waals surface area contributed by atoms with E-state index in [4.69, 9.17) is 4.52 Å². The number of hydrogen-bond acceptors (Lipinski definition) is 5. The van der Waals surface area contributed by atoms with Crippen molar-refractivity contribution in [1.82, 2.24) is 10.6 Å². The Bertz CT molecular complexity index is 1070. The number of imide groups is 1. The number of carbonyl (C=O) groups excluding carboxylic acids is 2. The molecule has 2 N–H and O–H groups in total. The van der Waals surface area contributed by atoms with Crippen molar-refractivity contribution in [1.29, 1.82) is 0 Å². The number of aryl methyl sites for hydroxylation is 1. The predicted molar refractivity (Wildman–Crippen MR) is 99.8 cm³/mol. The molecule has 0 bridgehead atoms. The Morgan fingerprint density at radius 3 is 2.54 bits per heavy atom. The van der Waals surface area contributed by atoms with E-state index in [0.29, 0.717) is 11.4 Å². The minimum atomic E-state index is -0.702. The average molecular weight is 379 g/mol. The molecular weight excluding hydrogens is 360 g/mol. The molecule has 1 aromatic heterocycles. The highest BCUT2D eigenvalue weighted by Crippen LogP contribution is 2.23. The van der Waals surface area contributed by atoms with E-state index in [2.05, 4.69) is 10.6 Å². The summed E-state index contributed by atoms with van der Waals surface area (Å²) < 4.78 is 6.40. The second kappa shape index (κ2) is 7.24. The highest BCUT2D eigenvalue weighted by molar-refractivity contribution is 6.22. The maximum absolute atomic E-state index is 12.7. The monoisotopic (exact) mass is 379 g/mol. The molecule has 142 valence electrons. The van der Waals surface area contributed by atoms with Crippen LogP contribution in [0.15, 0.2) is 63.9 Å². The van der Waals surface area contributed by atoms with Gasteiger partial charge in [-0.3, -0.25) is 19.4 Å². The fourth-order valence-corrected chi connectivity index (χ4v) is 3.21. The van der Waals surface area contributed by atoms with Crippen LogP contribution in [0.4, 0.5) is 5.69 Å². The van der Waals surface area contributed by atoms with Gasteiger partial charge in [0.2, 0.25) is 11.6 Å². The van der Waals surface area contributed by atoms with E-state index in [1.807, 2.05) is 49.4 Å². The maximum Gasteiger partial charge on any atom is 0.431 e. The quantitative estimate of drug-likeness (QED) is 0.508. The van der Waals surface area contributed by atoms with E-state index >= 15 is 0 Å². The second-order valence-electron chi connectivity index (χ2n) is 6.64. The zero-order valence-corrected chi connectivity index (χ0v) is 15.2. The molecule has 1 atom stereocenters. The highest BCUT2D eigenvalue weighted by atomic mass is 16.5. The van der Waals surface area contributed by atoms with Crippen LogP contribution in [-0.4, -0.2) is 23.1 Å². The van der Waals surface area contributed by atoms with Crippen LogP contribution in [0.25, 0.3) is 5.69 Å². The highest BCUT2D eigenvalue weighted by Gasteiger charge is 2.40. The summed E-state index contributed by atoms with van der Waals surface area (Å²) >= 11 is 0. The van der Waals surface area contributed by atoms with Gasteiger partial charge in [-0.05, 0) is 29.0 Å². The molecule has 0 saturated carbocycles. The number of H-pyrrole nitrogens is 1. The smallest absolute Gasteiger partial charge is 0.296 e. The number of benzene rings is 2. The van der Waals surface area contributed by atoms with Gasteiger partial charge in [0.05, 0.1) is 24.7 Å². The summed E-state index contributed by atoms with van der Waals surface area (Å²) in [6, 6.07) is 15.7. The fraction of sp³-hybridized carbons (Fsp3) is 0.200. The molecule has 2 heterocycles. The van der Waals surface area contributed by atoms with E-state index < -0.39 is 11.7 Å². The molecule has 28 heavy (non-hydrogen) atoms. The number of aromatic nitrogens is 2. The number of amides is 2. The molecule has 4 rings (SSSR count). The molecular formula is C20H19N4O4+. The van der Waals surface area contributed by atoms with Crippen LogP contribution >= 0.6 is 0 Å². The Balaban J connectivity index is 1.52.